The van der Waals surface area contributed by atoms with E-state index in [1.54, 1.807) is 29.6 Å². The predicted octanol–water partition coefficient (Wildman–Crippen LogP) is 0.328. The number of benzene rings is 1. The van der Waals surface area contributed by atoms with E-state index in [0.29, 0.717) is 12.1 Å². The Hall–Kier alpha value is -2.12. The summed E-state index contributed by atoms with van der Waals surface area (Å²) in [6.45, 7) is 0.251. The lowest BCUT2D eigenvalue weighted by Crippen LogP contribution is -2.41. The smallest absolute Gasteiger partial charge is 0.304 e. The Balaban J connectivity index is 1.85. The summed E-state index contributed by atoms with van der Waals surface area (Å²) in [5, 5.41) is 13.5. The molecular weight excluding hydrogens is 278 g/mol. The first kappa shape index (κ1) is 14.3. The average molecular weight is 293 g/mol. The number of carbonyl (C=O) groups excluding carboxylic acids is 1. The highest BCUT2D eigenvalue weighted by Crippen LogP contribution is 2.10. The lowest BCUT2D eigenvalue weighted by Gasteiger charge is -2.11. The Morgan fingerprint density at radius 2 is 2.10 bits per heavy atom. The lowest BCUT2D eigenvalue weighted by atomic mass is 10.1. The second kappa shape index (κ2) is 6.36. The van der Waals surface area contributed by atoms with Crippen molar-refractivity contribution in [3.05, 3.63) is 50.6 Å². The van der Waals surface area contributed by atoms with Crippen LogP contribution in [0.5, 0.6) is 5.75 Å². The SMILES string of the molecule is N[C@@H](Cc1ccc(O)cc1)C(=O)NCc1csc(=O)[nH]1. The van der Waals surface area contributed by atoms with Crippen LogP contribution in [0, 0.1) is 0 Å². The molecule has 0 bridgehead atoms. The molecule has 6 nitrogen and oxygen atoms in total. The molecule has 5 N–H and O–H groups in total. The largest absolute Gasteiger partial charge is 0.508 e. The number of nitrogens with one attached hydrogen (secondary N) is 2. The van der Waals surface area contributed by atoms with Gasteiger partial charge in [-0.15, -0.1) is 0 Å². The number of nitrogens with two attached hydrogens (primary N) is 1. The van der Waals surface area contributed by atoms with Crippen LogP contribution in [0.2, 0.25) is 0 Å². The van der Waals surface area contributed by atoms with Crippen LogP contribution >= 0.6 is 11.3 Å². The van der Waals surface area contributed by atoms with Crippen molar-refractivity contribution in [1.82, 2.24) is 10.3 Å². The third kappa shape index (κ3) is 3.94. The summed E-state index contributed by atoms with van der Waals surface area (Å²) in [6.07, 6.45) is 0.381. The van der Waals surface area contributed by atoms with E-state index in [9.17, 15) is 14.7 Å². The maximum Gasteiger partial charge on any atom is 0.304 e. The van der Waals surface area contributed by atoms with Gasteiger partial charge < -0.3 is 21.1 Å². The van der Waals surface area contributed by atoms with Gasteiger partial charge in [-0.3, -0.25) is 9.59 Å². The summed E-state index contributed by atoms with van der Waals surface area (Å²) < 4.78 is 0. The molecule has 1 aromatic heterocycles. The van der Waals surface area contributed by atoms with Gasteiger partial charge in [0.1, 0.15) is 5.75 Å². The maximum atomic E-state index is 11.8. The molecule has 2 rings (SSSR count). The standard InChI is InChI=1S/C13H15N3O3S/c14-11(5-8-1-3-10(17)4-2-8)12(18)15-6-9-7-20-13(19)16-9/h1-4,7,11,17H,5-6,14H2,(H,15,18)(H,16,19)/t11-/m0/s1. The van der Waals surface area contributed by atoms with Gasteiger partial charge in [-0.1, -0.05) is 23.5 Å². The molecule has 20 heavy (non-hydrogen) atoms. The quantitative estimate of drug-likeness (QED) is 0.637. The van der Waals surface area contributed by atoms with Crippen LogP contribution in [0.4, 0.5) is 0 Å². The average Bonchev–Trinajstić information content (AvgIpc) is 2.84. The molecule has 0 unspecified atom stereocenters. The minimum Gasteiger partial charge on any atom is -0.508 e. The minimum absolute atomic E-state index is 0.150. The fourth-order valence-corrected chi connectivity index (χ4v) is 2.27. The molecule has 0 aliphatic carbocycles. The van der Waals surface area contributed by atoms with E-state index >= 15 is 0 Å². The number of carbonyl (C=O) groups is 1. The van der Waals surface area contributed by atoms with Crippen molar-refractivity contribution in [2.24, 2.45) is 5.73 Å². The van der Waals surface area contributed by atoms with Gasteiger partial charge in [0.2, 0.25) is 5.91 Å². The number of hydrogen-bond donors (Lipinski definition) is 4. The van der Waals surface area contributed by atoms with E-state index in [0.717, 1.165) is 16.9 Å². The van der Waals surface area contributed by atoms with Crippen molar-refractivity contribution in [2.75, 3.05) is 0 Å². The summed E-state index contributed by atoms with van der Waals surface area (Å²) in [7, 11) is 0. The van der Waals surface area contributed by atoms with E-state index in [1.165, 1.54) is 0 Å². The highest BCUT2D eigenvalue weighted by molar-refractivity contribution is 7.07. The van der Waals surface area contributed by atoms with Crippen LogP contribution in [0.15, 0.2) is 34.4 Å². The summed E-state index contributed by atoms with van der Waals surface area (Å²) in [5.74, 6) is -0.113. The Morgan fingerprint density at radius 1 is 1.40 bits per heavy atom. The molecular formula is C13H15N3O3S. The Labute approximate surface area is 119 Å². The topological polar surface area (TPSA) is 108 Å². The van der Waals surface area contributed by atoms with Gasteiger partial charge in [0.25, 0.3) is 0 Å². The highest BCUT2D eigenvalue weighted by atomic mass is 32.1. The first-order valence-electron chi connectivity index (χ1n) is 6.02. The van der Waals surface area contributed by atoms with E-state index < -0.39 is 6.04 Å². The number of aromatic amines is 1. The third-order valence-corrected chi connectivity index (χ3v) is 3.47. The van der Waals surface area contributed by atoms with Crippen molar-refractivity contribution >= 4 is 17.2 Å². The van der Waals surface area contributed by atoms with Gasteiger partial charge in [0.05, 0.1) is 12.6 Å². The highest BCUT2D eigenvalue weighted by Gasteiger charge is 2.14. The Morgan fingerprint density at radius 3 is 2.70 bits per heavy atom. The van der Waals surface area contributed by atoms with Crippen molar-refractivity contribution in [3.8, 4) is 5.75 Å². The molecule has 0 fully saturated rings. The number of phenols is 1. The van der Waals surface area contributed by atoms with E-state index in [2.05, 4.69) is 10.3 Å². The Bertz CT molecular complexity index is 633. The maximum absolute atomic E-state index is 11.8. The number of hydrogen-bond acceptors (Lipinski definition) is 5. The first-order valence-corrected chi connectivity index (χ1v) is 6.90. The summed E-state index contributed by atoms with van der Waals surface area (Å²) >= 11 is 1.05. The summed E-state index contributed by atoms with van der Waals surface area (Å²) in [6, 6.07) is 5.87. The zero-order valence-electron chi connectivity index (χ0n) is 10.6. The number of rotatable bonds is 5. The molecule has 106 valence electrons. The molecule has 0 radical (unpaired) electrons. The molecule has 0 spiro atoms. The monoisotopic (exact) mass is 293 g/mol. The Kier molecular flexibility index (Phi) is 4.54. The summed E-state index contributed by atoms with van der Waals surface area (Å²) in [5.41, 5.74) is 7.34. The van der Waals surface area contributed by atoms with Crippen molar-refractivity contribution in [3.63, 3.8) is 0 Å². The van der Waals surface area contributed by atoms with Crippen LogP contribution < -0.4 is 15.9 Å². The molecule has 1 atom stereocenters. The van der Waals surface area contributed by atoms with Gasteiger partial charge in [-0.05, 0) is 24.1 Å². The van der Waals surface area contributed by atoms with Gasteiger partial charge in [-0.25, -0.2) is 0 Å². The van der Waals surface area contributed by atoms with Gasteiger partial charge in [0.15, 0.2) is 0 Å². The number of amides is 1. The number of thiazole rings is 1. The fraction of sp³-hybridized carbons (Fsp3) is 0.231. The number of aromatic nitrogens is 1. The van der Waals surface area contributed by atoms with E-state index in [4.69, 9.17) is 5.73 Å². The molecule has 7 heteroatoms. The number of H-pyrrole nitrogens is 1. The van der Waals surface area contributed by atoms with Gasteiger partial charge >= 0.3 is 4.87 Å². The second-order valence-electron chi connectivity index (χ2n) is 4.37. The normalized spacial score (nSPS) is 12.1. The van der Waals surface area contributed by atoms with E-state index in [1.807, 2.05) is 0 Å². The lowest BCUT2D eigenvalue weighted by molar-refractivity contribution is -0.122. The molecule has 1 amide bonds. The van der Waals surface area contributed by atoms with Crippen LogP contribution in [0.3, 0.4) is 0 Å². The third-order valence-electron chi connectivity index (χ3n) is 2.75. The molecule has 0 saturated heterocycles. The van der Waals surface area contributed by atoms with Crippen molar-refractivity contribution < 1.29 is 9.90 Å². The molecule has 0 saturated carbocycles. The van der Waals surface area contributed by atoms with Crippen LogP contribution in [-0.4, -0.2) is 22.0 Å². The molecule has 0 aliphatic rings. The summed E-state index contributed by atoms with van der Waals surface area (Å²) in [4.78, 5) is 25.2. The predicted molar refractivity (Wildman–Crippen MR) is 76.6 cm³/mol. The van der Waals surface area contributed by atoms with Gasteiger partial charge in [-0.2, -0.15) is 0 Å². The van der Waals surface area contributed by atoms with Gasteiger partial charge in [0, 0.05) is 11.1 Å². The number of phenolic OH excluding ortho intramolecular Hbond substituents is 1. The molecule has 0 aliphatic heterocycles. The van der Waals surface area contributed by atoms with Crippen LogP contribution in [-0.2, 0) is 17.8 Å². The molecule has 1 aromatic carbocycles. The molecule has 2 aromatic rings. The minimum atomic E-state index is -0.676. The zero-order valence-corrected chi connectivity index (χ0v) is 11.4. The van der Waals surface area contributed by atoms with Crippen LogP contribution in [0.1, 0.15) is 11.3 Å². The van der Waals surface area contributed by atoms with E-state index in [-0.39, 0.29) is 23.1 Å². The second-order valence-corrected chi connectivity index (χ2v) is 5.21. The zero-order chi connectivity index (χ0) is 14.5. The van der Waals surface area contributed by atoms with Crippen LogP contribution in [0.25, 0.3) is 0 Å². The first-order chi connectivity index (χ1) is 9.54. The van der Waals surface area contributed by atoms with Crippen molar-refractivity contribution in [1.29, 1.82) is 0 Å². The number of aromatic hydroxyl groups is 1. The van der Waals surface area contributed by atoms with Crippen molar-refractivity contribution in [2.45, 2.75) is 19.0 Å². The molecule has 1 heterocycles. The fourth-order valence-electron chi connectivity index (χ4n) is 1.69.